The number of pyridine rings is 1. The number of nitrogens with one attached hydrogen (secondary N) is 2. The van der Waals surface area contributed by atoms with Crippen LogP contribution in [0.5, 0.6) is 5.75 Å². The normalized spacial score (nSPS) is 17.2. The van der Waals surface area contributed by atoms with E-state index in [4.69, 9.17) is 4.74 Å². The molecule has 0 bridgehead atoms. The third kappa shape index (κ3) is 6.69. The molecule has 0 spiro atoms. The average molecular weight is 528 g/mol. The molecule has 2 heterocycles. The van der Waals surface area contributed by atoms with E-state index in [-0.39, 0.29) is 42.7 Å². The topological polar surface area (TPSA) is 101 Å². The van der Waals surface area contributed by atoms with E-state index < -0.39 is 17.2 Å². The van der Waals surface area contributed by atoms with Crippen LogP contribution >= 0.6 is 0 Å². The molecule has 1 aliphatic rings. The third-order valence-corrected chi connectivity index (χ3v) is 6.61. The summed E-state index contributed by atoms with van der Waals surface area (Å²) in [6.07, 6.45) is -0.109. The Hall–Kier alpha value is -3.92. The van der Waals surface area contributed by atoms with E-state index in [2.05, 4.69) is 15.6 Å². The number of para-hydroxylation sites is 1. The Bertz CT molecular complexity index is 1270. The lowest BCUT2D eigenvalue weighted by Gasteiger charge is -2.26. The van der Waals surface area contributed by atoms with E-state index in [1.165, 1.54) is 36.7 Å². The fourth-order valence-electron chi connectivity index (χ4n) is 4.48. The minimum absolute atomic E-state index is 0.0389. The molecular weight excluding hydrogens is 499 g/mol. The summed E-state index contributed by atoms with van der Waals surface area (Å²) in [6.45, 7) is 0.966. The minimum atomic E-state index is -4.47. The van der Waals surface area contributed by atoms with Crippen molar-refractivity contribution in [3.63, 3.8) is 0 Å². The molecule has 0 radical (unpaired) electrons. The van der Waals surface area contributed by atoms with Crippen molar-refractivity contribution < 1.29 is 32.6 Å². The number of anilines is 2. The first-order chi connectivity index (χ1) is 18.2. The summed E-state index contributed by atoms with van der Waals surface area (Å²) in [5.41, 5.74) is 0.0765. The molecular formula is C28H28F3N3O4. The third-order valence-electron chi connectivity index (χ3n) is 6.61. The lowest BCUT2D eigenvalue weighted by Crippen LogP contribution is -2.41. The fraction of sp³-hybridized carbons (Fsp3) is 0.321. The summed E-state index contributed by atoms with van der Waals surface area (Å²) in [6, 6.07) is 13.4. The Labute approximate surface area is 218 Å². The number of carbonyl (C=O) groups excluding carboxylic acids is 2. The summed E-state index contributed by atoms with van der Waals surface area (Å²) < 4.78 is 45.2. The van der Waals surface area contributed by atoms with Gasteiger partial charge >= 0.3 is 6.18 Å². The fourth-order valence-corrected chi connectivity index (χ4v) is 4.48. The van der Waals surface area contributed by atoms with Crippen molar-refractivity contribution in [1.82, 2.24) is 10.3 Å². The van der Waals surface area contributed by atoms with Gasteiger partial charge in [-0.1, -0.05) is 24.3 Å². The Morgan fingerprint density at radius 1 is 1.08 bits per heavy atom. The first-order valence-electron chi connectivity index (χ1n) is 12.2. The summed E-state index contributed by atoms with van der Waals surface area (Å²) in [5, 5.41) is 15.3. The molecule has 1 atom stereocenters. The molecule has 1 unspecified atom stereocenters. The number of aromatic nitrogens is 1. The molecule has 1 aliphatic heterocycles. The molecule has 2 aromatic carbocycles. The molecule has 0 saturated carbocycles. The number of hydrogen-bond donors (Lipinski definition) is 3. The second kappa shape index (κ2) is 11.6. The average Bonchev–Trinajstić information content (AvgIpc) is 3.38. The lowest BCUT2D eigenvalue weighted by atomic mass is 9.80. The highest BCUT2D eigenvalue weighted by Gasteiger charge is 2.41. The van der Waals surface area contributed by atoms with Crippen LogP contribution in [0.3, 0.4) is 0 Å². The van der Waals surface area contributed by atoms with E-state index in [1.54, 1.807) is 24.3 Å². The van der Waals surface area contributed by atoms with E-state index >= 15 is 0 Å². The van der Waals surface area contributed by atoms with Crippen LogP contribution in [0.2, 0.25) is 0 Å². The number of halogens is 3. The standard InChI is InChI=1S/C28H28F3N3O4/c29-28(30,31)23-4-1-2-5-24(23)34-21-9-7-19(8-10-21)15-33-26(37)27(12-13-38-18-27)11-3-6-25(36)20-14-22(35)17-32-16-20/h1-2,4-5,7-10,14,16-17,34-35H,3,6,11-13,15,18H2,(H,33,37). The number of amides is 1. The van der Waals surface area contributed by atoms with Crippen LogP contribution in [0.15, 0.2) is 67.0 Å². The number of alkyl halides is 3. The second-order valence-electron chi connectivity index (χ2n) is 9.34. The molecule has 1 amide bonds. The smallest absolute Gasteiger partial charge is 0.418 e. The molecule has 10 heteroatoms. The highest BCUT2D eigenvalue weighted by molar-refractivity contribution is 5.96. The van der Waals surface area contributed by atoms with Gasteiger partial charge in [-0.3, -0.25) is 14.6 Å². The van der Waals surface area contributed by atoms with Gasteiger partial charge in [0.1, 0.15) is 5.75 Å². The van der Waals surface area contributed by atoms with Crippen molar-refractivity contribution in [1.29, 1.82) is 0 Å². The first kappa shape index (κ1) is 27.1. The first-order valence-corrected chi connectivity index (χ1v) is 12.2. The number of Topliss-reactive ketones (excluding diaryl/α,β-unsaturated/α-hetero) is 1. The second-order valence-corrected chi connectivity index (χ2v) is 9.34. The van der Waals surface area contributed by atoms with Gasteiger partial charge in [0.25, 0.3) is 0 Å². The monoisotopic (exact) mass is 527 g/mol. The van der Waals surface area contributed by atoms with Gasteiger partial charge in [0, 0.05) is 37.0 Å². The number of ketones is 1. The van der Waals surface area contributed by atoms with Crippen LogP contribution in [0.4, 0.5) is 24.5 Å². The quantitative estimate of drug-likeness (QED) is 0.296. The van der Waals surface area contributed by atoms with Gasteiger partial charge in [-0.05, 0) is 55.2 Å². The van der Waals surface area contributed by atoms with Crippen molar-refractivity contribution in [3.8, 4) is 5.75 Å². The van der Waals surface area contributed by atoms with Crippen LogP contribution in [-0.4, -0.2) is 35.0 Å². The van der Waals surface area contributed by atoms with Crippen molar-refractivity contribution >= 4 is 23.1 Å². The molecule has 1 aromatic heterocycles. The van der Waals surface area contributed by atoms with E-state index in [9.17, 15) is 27.9 Å². The predicted octanol–water partition coefficient (Wildman–Crippen LogP) is 5.63. The summed E-state index contributed by atoms with van der Waals surface area (Å²) in [7, 11) is 0. The molecule has 3 aromatic rings. The Balaban J connectivity index is 1.31. The molecule has 1 saturated heterocycles. The molecule has 7 nitrogen and oxygen atoms in total. The number of rotatable bonds is 10. The van der Waals surface area contributed by atoms with Gasteiger partial charge in [0.15, 0.2) is 5.78 Å². The maximum Gasteiger partial charge on any atom is 0.418 e. The van der Waals surface area contributed by atoms with Crippen LogP contribution in [0.1, 0.15) is 47.2 Å². The van der Waals surface area contributed by atoms with Gasteiger partial charge in [-0.15, -0.1) is 0 Å². The van der Waals surface area contributed by atoms with E-state index in [0.717, 1.165) is 11.6 Å². The molecule has 1 fully saturated rings. The summed E-state index contributed by atoms with van der Waals surface area (Å²) in [4.78, 5) is 29.4. The minimum Gasteiger partial charge on any atom is -0.506 e. The highest BCUT2D eigenvalue weighted by atomic mass is 19.4. The number of ether oxygens (including phenoxy) is 1. The summed E-state index contributed by atoms with van der Waals surface area (Å²) >= 11 is 0. The highest BCUT2D eigenvalue weighted by Crippen LogP contribution is 2.36. The molecule has 3 N–H and O–H groups in total. The predicted molar refractivity (Wildman–Crippen MR) is 135 cm³/mol. The van der Waals surface area contributed by atoms with Crippen molar-refractivity contribution in [2.45, 2.75) is 38.4 Å². The number of nitrogens with zero attached hydrogens (tertiary/aromatic N) is 1. The zero-order chi connectivity index (χ0) is 27.2. The summed E-state index contributed by atoms with van der Waals surface area (Å²) in [5.74, 6) is -0.400. The maximum absolute atomic E-state index is 13.2. The van der Waals surface area contributed by atoms with Crippen LogP contribution in [0, 0.1) is 5.41 Å². The van der Waals surface area contributed by atoms with Gasteiger partial charge in [0.05, 0.1) is 29.5 Å². The maximum atomic E-state index is 13.2. The SMILES string of the molecule is O=C(CCCC1(C(=O)NCc2ccc(Nc3ccccc3C(F)(F)F)cc2)CCOC1)c1cncc(O)c1. The van der Waals surface area contributed by atoms with Gasteiger partial charge < -0.3 is 20.5 Å². The van der Waals surface area contributed by atoms with Gasteiger partial charge in [-0.2, -0.15) is 13.2 Å². The number of aromatic hydroxyl groups is 1. The van der Waals surface area contributed by atoms with Gasteiger partial charge in [0.2, 0.25) is 5.91 Å². The van der Waals surface area contributed by atoms with Crippen LogP contribution < -0.4 is 10.6 Å². The van der Waals surface area contributed by atoms with Crippen molar-refractivity contribution in [3.05, 3.63) is 83.7 Å². The molecule has 200 valence electrons. The molecule has 38 heavy (non-hydrogen) atoms. The Morgan fingerprint density at radius 2 is 1.84 bits per heavy atom. The Morgan fingerprint density at radius 3 is 2.53 bits per heavy atom. The molecule has 4 rings (SSSR count). The van der Waals surface area contributed by atoms with E-state index in [1.807, 2.05) is 0 Å². The van der Waals surface area contributed by atoms with Crippen molar-refractivity contribution in [2.75, 3.05) is 18.5 Å². The largest absolute Gasteiger partial charge is 0.506 e. The van der Waals surface area contributed by atoms with Crippen LogP contribution in [0.25, 0.3) is 0 Å². The number of benzene rings is 2. The number of carbonyl (C=O) groups is 2. The van der Waals surface area contributed by atoms with Crippen LogP contribution in [-0.2, 0) is 22.3 Å². The van der Waals surface area contributed by atoms with Crippen molar-refractivity contribution in [2.24, 2.45) is 5.41 Å². The zero-order valence-electron chi connectivity index (χ0n) is 20.6. The number of hydrogen-bond acceptors (Lipinski definition) is 6. The lowest BCUT2D eigenvalue weighted by molar-refractivity contribution is -0.137. The van der Waals surface area contributed by atoms with E-state index in [0.29, 0.717) is 37.1 Å². The van der Waals surface area contributed by atoms with Gasteiger partial charge in [-0.25, -0.2) is 0 Å². The Kier molecular flexibility index (Phi) is 8.31. The molecule has 0 aliphatic carbocycles. The zero-order valence-corrected chi connectivity index (χ0v) is 20.6.